The van der Waals surface area contributed by atoms with Gasteiger partial charge in [0.05, 0.1) is 0 Å². The number of halogens is 2. The minimum absolute atomic E-state index is 0.246. The van der Waals surface area contributed by atoms with E-state index >= 15 is 0 Å². The van der Waals surface area contributed by atoms with Crippen LogP contribution >= 0.6 is 34.3 Å². The van der Waals surface area contributed by atoms with Gasteiger partial charge in [0.25, 0.3) is 0 Å². The molecule has 33 heavy (non-hydrogen) atoms. The summed E-state index contributed by atoms with van der Waals surface area (Å²) in [5.41, 5.74) is 5.32. The van der Waals surface area contributed by atoms with E-state index in [1.807, 2.05) is 37.5 Å². The molecule has 0 saturated carbocycles. The van der Waals surface area contributed by atoms with Crippen LogP contribution < -0.4 is 21.5 Å². The summed E-state index contributed by atoms with van der Waals surface area (Å²) in [6, 6.07) is 10.4. The van der Waals surface area contributed by atoms with Gasteiger partial charge in [0, 0.05) is 0 Å². The Balaban J connectivity index is 1.67. The maximum absolute atomic E-state index is 11.8. The van der Waals surface area contributed by atoms with Crippen LogP contribution in [0.3, 0.4) is 0 Å². The number of hydrogen-bond donors (Lipinski definition) is 0. The zero-order valence-corrected chi connectivity index (χ0v) is 22.6. The number of fused-ring (bicyclic) bond motifs is 3. The summed E-state index contributed by atoms with van der Waals surface area (Å²) in [5.74, 6) is 1.50. The predicted octanol–water partition coefficient (Wildman–Crippen LogP) is 2.19. The molecule has 4 heterocycles. The van der Waals surface area contributed by atoms with Crippen molar-refractivity contribution < 1.29 is 34.1 Å². The third-order valence-electron chi connectivity index (χ3n) is 5.14. The number of ether oxygens (including phenoxy) is 1. The van der Waals surface area contributed by atoms with Crippen LogP contribution in [0, 0.1) is 0 Å². The molecule has 0 unspecified atom stereocenters. The van der Waals surface area contributed by atoms with E-state index in [0.29, 0.717) is 13.2 Å². The topological polar surface area (TPSA) is 84.1 Å². The standard InChI is InChI=1S/C22H18I2N5O3S/c1-13(2)20-27-26-18-12-31-11-17-16(8-14-6-4-3-5-7-14)19(33-21(17)29(18)20)15-9-25-28(10-15)24-22(30)32-23/h3-7,9-10H,1,8,11-12H2,2H3/q-1. The average Bonchev–Trinajstić information content (AvgIpc) is 3.50. The fourth-order valence-electron chi connectivity index (χ4n) is 3.73. The number of nitrogens with zero attached hydrogens (tertiary/aromatic N) is 5. The molecule has 0 radical (unpaired) electrons. The van der Waals surface area contributed by atoms with Crippen LogP contribution in [0.25, 0.3) is 21.0 Å². The number of thiophene rings is 1. The van der Waals surface area contributed by atoms with Crippen molar-refractivity contribution in [3.8, 4) is 15.4 Å². The quantitative estimate of drug-likeness (QED) is 0.229. The van der Waals surface area contributed by atoms with Gasteiger partial charge in [0.15, 0.2) is 0 Å². The Labute approximate surface area is 218 Å². The van der Waals surface area contributed by atoms with Gasteiger partial charge in [0.2, 0.25) is 0 Å². The molecular formula is C22H18I2N5O3S-. The molecule has 0 aliphatic carbocycles. The summed E-state index contributed by atoms with van der Waals surface area (Å²) >= 11 is 2.25. The van der Waals surface area contributed by atoms with E-state index in [9.17, 15) is 4.79 Å². The SMILES string of the molecule is C=C(C)c1nnc2n1-c1sc(-c3cnn([I-]C(=O)OI)c3)c(Cc3ccccc3)c1COC2. The molecule has 11 heteroatoms. The van der Waals surface area contributed by atoms with E-state index in [-0.39, 0.29) is 3.98 Å². The number of allylic oxidation sites excluding steroid dienone is 1. The zero-order chi connectivity index (χ0) is 22.9. The Morgan fingerprint density at radius 3 is 2.88 bits per heavy atom. The third-order valence-corrected chi connectivity index (χ3v) is 9.33. The average molecular weight is 686 g/mol. The van der Waals surface area contributed by atoms with E-state index in [1.165, 1.54) is 11.1 Å². The second-order valence-corrected chi connectivity index (χ2v) is 11.2. The molecule has 0 bridgehead atoms. The summed E-state index contributed by atoms with van der Waals surface area (Å²) in [4.78, 5) is 12.9. The van der Waals surface area contributed by atoms with Gasteiger partial charge in [0.1, 0.15) is 0 Å². The van der Waals surface area contributed by atoms with E-state index < -0.39 is 21.5 Å². The van der Waals surface area contributed by atoms with Crippen molar-refractivity contribution in [1.82, 2.24) is 22.8 Å². The Hall–Kier alpha value is -2.10. The van der Waals surface area contributed by atoms with Crippen molar-refractivity contribution in [3.63, 3.8) is 0 Å². The van der Waals surface area contributed by atoms with Gasteiger partial charge in [-0.25, -0.2) is 0 Å². The fourth-order valence-corrected chi connectivity index (χ4v) is 6.72. The number of hydrogen-bond acceptors (Lipinski definition) is 7. The summed E-state index contributed by atoms with van der Waals surface area (Å²) in [6.07, 6.45) is 4.49. The van der Waals surface area contributed by atoms with Crippen LogP contribution in [0.15, 0.2) is 49.3 Å². The van der Waals surface area contributed by atoms with Crippen molar-refractivity contribution in [3.05, 3.63) is 77.6 Å². The monoisotopic (exact) mass is 686 g/mol. The van der Waals surface area contributed by atoms with Gasteiger partial charge in [-0.15, -0.1) is 0 Å². The first-order valence-corrected chi connectivity index (χ1v) is 13.7. The molecule has 0 N–H and O–H groups in total. The van der Waals surface area contributed by atoms with Crippen molar-refractivity contribution >= 4 is 43.9 Å². The Morgan fingerprint density at radius 2 is 2.12 bits per heavy atom. The number of aromatic nitrogens is 5. The molecular weight excluding hydrogens is 668 g/mol. The van der Waals surface area contributed by atoms with Crippen LogP contribution in [-0.4, -0.2) is 26.7 Å². The Morgan fingerprint density at radius 1 is 1.30 bits per heavy atom. The van der Waals surface area contributed by atoms with Gasteiger partial charge >= 0.3 is 220 Å². The molecule has 8 nitrogen and oxygen atoms in total. The molecule has 4 aromatic rings. The van der Waals surface area contributed by atoms with Crippen LogP contribution in [0.2, 0.25) is 0 Å². The summed E-state index contributed by atoms with van der Waals surface area (Å²) in [6.45, 7) is 6.90. The van der Waals surface area contributed by atoms with Gasteiger partial charge in [-0.3, -0.25) is 0 Å². The molecule has 5 rings (SSSR count). The molecule has 0 saturated heterocycles. The first-order chi connectivity index (χ1) is 16.0. The van der Waals surface area contributed by atoms with E-state index in [0.717, 1.165) is 44.6 Å². The molecule has 3 aromatic heterocycles. The number of carbonyl (C=O) groups is 1. The van der Waals surface area contributed by atoms with Crippen molar-refractivity contribution in [2.45, 2.75) is 26.6 Å². The van der Waals surface area contributed by atoms with Crippen LogP contribution in [0.1, 0.15) is 35.3 Å². The first kappa shape index (κ1) is 22.7. The van der Waals surface area contributed by atoms with Gasteiger partial charge in [-0.1, -0.05) is 0 Å². The van der Waals surface area contributed by atoms with Crippen LogP contribution in [0.4, 0.5) is 4.79 Å². The van der Waals surface area contributed by atoms with Gasteiger partial charge in [-0.05, 0) is 0 Å². The Kier molecular flexibility index (Phi) is 6.62. The number of rotatable bonds is 6. The van der Waals surface area contributed by atoms with Crippen molar-refractivity contribution in [2.24, 2.45) is 0 Å². The van der Waals surface area contributed by atoms with E-state index in [1.54, 1.807) is 37.2 Å². The molecule has 0 fully saturated rings. The second-order valence-electron chi connectivity index (χ2n) is 7.42. The molecule has 0 atom stereocenters. The minimum atomic E-state index is -1.04. The molecule has 1 aliphatic rings. The molecule has 1 aromatic carbocycles. The molecule has 170 valence electrons. The molecule has 1 aliphatic heterocycles. The predicted molar refractivity (Wildman–Crippen MR) is 129 cm³/mol. The number of carbonyl (C=O) groups excluding carboxylic acids is 1. The van der Waals surface area contributed by atoms with E-state index in [2.05, 4.69) is 38.6 Å². The fraction of sp³-hybridized carbons (Fsp3) is 0.182. The third kappa shape index (κ3) is 4.50. The zero-order valence-electron chi connectivity index (χ0n) is 17.5. The van der Waals surface area contributed by atoms with Gasteiger partial charge in [-0.2, -0.15) is 0 Å². The maximum atomic E-state index is 11.8. The Bertz CT molecular complexity index is 1350. The number of benzene rings is 1. The van der Waals surface area contributed by atoms with Crippen molar-refractivity contribution in [2.75, 3.05) is 0 Å². The van der Waals surface area contributed by atoms with Crippen LogP contribution in [-0.2, 0) is 27.4 Å². The van der Waals surface area contributed by atoms with Crippen LogP contribution in [0.5, 0.6) is 0 Å². The normalized spacial score (nSPS) is 12.8. The van der Waals surface area contributed by atoms with E-state index in [4.69, 9.17) is 7.80 Å². The summed E-state index contributed by atoms with van der Waals surface area (Å²) in [5, 5.41) is 14.2. The molecule has 0 spiro atoms. The summed E-state index contributed by atoms with van der Waals surface area (Å²) in [7, 11) is 0. The van der Waals surface area contributed by atoms with Crippen molar-refractivity contribution in [1.29, 1.82) is 0 Å². The van der Waals surface area contributed by atoms with Gasteiger partial charge < -0.3 is 0 Å². The summed E-state index contributed by atoms with van der Waals surface area (Å²) < 4.78 is 14.3. The molecule has 0 amide bonds. The second kappa shape index (κ2) is 9.64. The first-order valence-electron chi connectivity index (χ1n) is 9.95.